The minimum Gasteiger partial charge on any atom is -0.428 e. The van der Waals surface area contributed by atoms with Crippen molar-refractivity contribution in [2.24, 2.45) is 0 Å². The van der Waals surface area contributed by atoms with Crippen molar-refractivity contribution in [2.45, 2.75) is 20.3 Å². The average molecular weight is 242 g/mol. The second-order valence-corrected chi connectivity index (χ2v) is 4.23. The number of benzene rings is 1. The number of hydrogen-bond acceptors (Lipinski definition) is 4. The summed E-state index contributed by atoms with van der Waals surface area (Å²) in [4.78, 5) is 11.8. The quantitative estimate of drug-likeness (QED) is 0.724. The Kier molecular flexibility index (Phi) is 2.33. The molecule has 0 saturated carbocycles. The van der Waals surface area contributed by atoms with Crippen LogP contribution in [-0.4, -0.2) is 15.0 Å². The molecule has 18 heavy (non-hydrogen) atoms. The Hall–Kier alpha value is -2.30. The van der Waals surface area contributed by atoms with Crippen molar-refractivity contribution < 1.29 is 4.42 Å². The maximum absolute atomic E-state index is 5.61. The minimum absolute atomic E-state index is 0.211. The smallest absolute Gasteiger partial charge is 0.292 e. The van der Waals surface area contributed by atoms with E-state index in [0.717, 1.165) is 40.3 Å². The topological polar surface area (TPSA) is 80.7 Å². The Morgan fingerprint density at radius 3 is 2.94 bits per heavy atom. The van der Waals surface area contributed by atoms with Crippen molar-refractivity contribution in [3.63, 3.8) is 0 Å². The highest BCUT2D eigenvalue weighted by Gasteiger charge is 2.13. The van der Waals surface area contributed by atoms with Gasteiger partial charge in [0.05, 0.1) is 11.0 Å². The van der Waals surface area contributed by atoms with Crippen LogP contribution in [0.2, 0.25) is 0 Å². The maximum atomic E-state index is 5.61. The maximum Gasteiger partial charge on any atom is 0.292 e. The lowest BCUT2D eigenvalue weighted by Crippen LogP contribution is -1.85. The SMILES string of the molecule is CCc1oc(N)nc1-c1ccc2nc(C)[nH]c2c1. The van der Waals surface area contributed by atoms with Gasteiger partial charge in [0.25, 0.3) is 6.01 Å². The molecule has 5 heteroatoms. The van der Waals surface area contributed by atoms with Gasteiger partial charge in [0, 0.05) is 12.0 Å². The first kappa shape index (κ1) is 10.8. The summed E-state index contributed by atoms with van der Waals surface area (Å²) < 4.78 is 5.38. The van der Waals surface area contributed by atoms with Gasteiger partial charge >= 0.3 is 0 Å². The molecular weight excluding hydrogens is 228 g/mol. The van der Waals surface area contributed by atoms with Gasteiger partial charge in [-0.2, -0.15) is 4.98 Å². The van der Waals surface area contributed by atoms with E-state index in [1.165, 1.54) is 0 Å². The summed E-state index contributed by atoms with van der Waals surface area (Å²) in [7, 11) is 0. The molecule has 0 aliphatic heterocycles. The molecule has 0 aliphatic rings. The number of oxazole rings is 1. The van der Waals surface area contributed by atoms with E-state index >= 15 is 0 Å². The van der Waals surface area contributed by atoms with Crippen molar-refractivity contribution in [2.75, 3.05) is 5.73 Å². The van der Waals surface area contributed by atoms with Crippen molar-refractivity contribution in [1.82, 2.24) is 15.0 Å². The van der Waals surface area contributed by atoms with Crippen LogP contribution in [0.1, 0.15) is 18.5 Å². The highest BCUT2D eigenvalue weighted by molar-refractivity contribution is 5.81. The molecule has 0 bridgehead atoms. The summed E-state index contributed by atoms with van der Waals surface area (Å²) >= 11 is 0. The number of nitrogens with zero attached hydrogens (tertiary/aromatic N) is 2. The molecule has 3 N–H and O–H groups in total. The third-order valence-corrected chi connectivity index (χ3v) is 2.91. The Morgan fingerprint density at radius 1 is 1.33 bits per heavy atom. The predicted molar refractivity (Wildman–Crippen MR) is 70.1 cm³/mol. The second-order valence-electron chi connectivity index (χ2n) is 4.23. The van der Waals surface area contributed by atoms with Crippen LogP contribution in [0, 0.1) is 6.92 Å². The number of aryl methyl sites for hydroxylation is 2. The molecule has 3 aromatic rings. The van der Waals surface area contributed by atoms with Gasteiger partial charge in [0.2, 0.25) is 0 Å². The van der Waals surface area contributed by atoms with Gasteiger partial charge in [-0.25, -0.2) is 4.98 Å². The normalized spacial score (nSPS) is 11.2. The zero-order chi connectivity index (χ0) is 12.7. The first-order chi connectivity index (χ1) is 8.67. The molecule has 0 saturated heterocycles. The second kappa shape index (κ2) is 3.87. The number of anilines is 1. The van der Waals surface area contributed by atoms with Crippen molar-refractivity contribution in [3.05, 3.63) is 29.8 Å². The lowest BCUT2D eigenvalue weighted by atomic mass is 10.1. The summed E-state index contributed by atoms with van der Waals surface area (Å²) in [5.74, 6) is 1.71. The number of nitrogens with two attached hydrogens (primary N) is 1. The molecule has 92 valence electrons. The van der Waals surface area contributed by atoms with Crippen LogP contribution in [0.3, 0.4) is 0 Å². The van der Waals surface area contributed by atoms with Crippen LogP contribution in [0.5, 0.6) is 0 Å². The molecular formula is C13H14N4O. The molecule has 5 nitrogen and oxygen atoms in total. The monoisotopic (exact) mass is 242 g/mol. The summed E-state index contributed by atoms with van der Waals surface area (Å²) in [6.45, 7) is 3.95. The summed E-state index contributed by atoms with van der Waals surface area (Å²) in [6.07, 6.45) is 0.763. The number of imidazole rings is 1. The highest BCUT2D eigenvalue weighted by atomic mass is 16.4. The number of nitrogen functional groups attached to an aromatic ring is 1. The predicted octanol–water partition coefficient (Wildman–Crippen LogP) is 2.67. The van der Waals surface area contributed by atoms with E-state index in [0.29, 0.717) is 0 Å². The zero-order valence-electron chi connectivity index (χ0n) is 10.3. The van der Waals surface area contributed by atoms with Crippen LogP contribution in [0.4, 0.5) is 6.01 Å². The van der Waals surface area contributed by atoms with Crippen LogP contribution in [-0.2, 0) is 6.42 Å². The summed E-state index contributed by atoms with van der Waals surface area (Å²) in [6, 6.07) is 6.19. The summed E-state index contributed by atoms with van der Waals surface area (Å²) in [5, 5.41) is 0. The van der Waals surface area contributed by atoms with Gasteiger partial charge in [0.15, 0.2) is 0 Å². The highest BCUT2D eigenvalue weighted by Crippen LogP contribution is 2.27. The molecule has 0 amide bonds. The third-order valence-electron chi connectivity index (χ3n) is 2.91. The third kappa shape index (κ3) is 1.64. The van der Waals surface area contributed by atoms with E-state index in [-0.39, 0.29) is 6.01 Å². The van der Waals surface area contributed by atoms with Crippen molar-refractivity contribution in [3.8, 4) is 11.3 Å². The number of hydrogen-bond donors (Lipinski definition) is 2. The molecule has 2 aromatic heterocycles. The zero-order valence-corrected chi connectivity index (χ0v) is 10.3. The number of rotatable bonds is 2. The van der Waals surface area contributed by atoms with E-state index in [9.17, 15) is 0 Å². The fourth-order valence-electron chi connectivity index (χ4n) is 2.12. The number of nitrogens with one attached hydrogen (secondary N) is 1. The molecule has 3 rings (SSSR count). The largest absolute Gasteiger partial charge is 0.428 e. The van der Waals surface area contributed by atoms with Crippen molar-refractivity contribution in [1.29, 1.82) is 0 Å². The van der Waals surface area contributed by atoms with Crippen LogP contribution in [0.15, 0.2) is 22.6 Å². The molecule has 0 unspecified atom stereocenters. The fraction of sp³-hybridized carbons (Fsp3) is 0.231. The van der Waals surface area contributed by atoms with Crippen molar-refractivity contribution >= 4 is 17.0 Å². The number of fused-ring (bicyclic) bond motifs is 1. The lowest BCUT2D eigenvalue weighted by molar-refractivity contribution is 0.530. The lowest BCUT2D eigenvalue weighted by Gasteiger charge is -1.98. The number of aromatic nitrogens is 3. The van der Waals surface area contributed by atoms with E-state index < -0.39 is 0 Å². The molecule has 0 atom stereocenters. The van der Waals surface area contributed by atoms with Crippen LogP contribution >= 0.6 is 0 Å². The molecule has 0 radical (unpaired) electrons. The van der Waals surface area contributed by atoms with Gasteiger partial charge < -0.3 is 15.1 Å². The summed E-state index contributed by atoms with van der Waals surface area (Å²) in [5.41, 5.74) is 9.35. The number of H-pyrrole nitrogens is 1. The average Bonchev–Trinajstić information content (AvgIpc) is 2.89. The Morgan fingerprint density at radius 2 is 2.17 bits per heavy atom. The van der Waals surface area contributed by atoms with Gasteiger partial charge in [-0.1, -0.05) is 13.0 Å². The molecule has 0 aliphatic carbocycles. The molecule has 0 fully saturated rings. The molecule has 0 spiro atoms. The van der Waals surface area contributed by atoms with Gasteiger partial charge in [-0.15, -0.1) is 0 Å². The van der Waals surface area contributed by atoms with E-state index in [4.69, 9.17) is 10.2 Å². The molecule has 1 aromatic carbocycles. The van der Waals surface area contributed by atoms with Gasteiger partial charge in [0.1, 0.15) is 17.3 Å². The van der Waals surface area contributed by atoms with Gasteiger partial charge in [-0.3, -0.25) is 0 Å². The molecule has 2 heterocycles. The number of aromatic amines is 1. The van der Waals surface area contributed by atoms with E-state index in [2.05, 4.69) is 15.0 Å². The fourth-order valence-corrected chi connectivity index (χ4v) is 2.12. The first-order valence-corrected chi connectivity index (χ1v) is 5.89. The Bertz CT molecular complexity index is 711. The van der Waals surface area contributed by atoms with E-state index in [1.54, 1.807) is 0 Å². The van der Waals surface area contributed by atoms with Gasteiger partial charge in [-0.05, 0) is 19.1 Å². The minimum atomic E-state index is 0.211. The Balaban J connectivity index is 2.18. The van der Waals surface area contributed by atoms with E-state index in [1.807, 2.05) is 32.0 Å². The standard InChI is InChI=1S/C13H14N4O/c1-3-11-12(17-13(14)18-11)8-4-5-9-10(6-8)16-7(2)15-9/h4-6H,3H2,1-2H3,(H2,14,17)(H,15,16). The Labute approximate surface area is 104 Å². The van der Waals surface area contributed by atoms with Crippen LogP contribution < -0.4 is 5.73 Å². The van der Waals surface area contributed by atoms with Crippen LogP contribution in [0.25, 0.3) is 22.3 Å². The first-order valence-electron chi connectivity index (χ1n) is 5.89.